The Hall–Kier alpha value is -1.39. The number of rotatable bonds is 5. The van der Waals surface area contributed by atoms with Crippen molar-refractivity contribution in [1.82, 2.24) is 4.98 Å². The van der Waals surface area contributed by atoms with E-state index in [1.807, 2.05) is 0 Å². The normalized spacial score (nSPS) is 16.7. The van der Waals surface area contributed by atoms with Crippen LogP contribution < -0.4 is 10.6 Å². The third-order valence-corrected chi connectivity index (χ3v) is 3.18. The number of aromatic nitrogens is 1. The second-order valence-electron chi connectivity index (χ2n) is 4.59. The third kappa shape index (κ3) is 2.84. The second-order valence-corrected chi connectivity index (χ2v) is 4.59. The zero-order valence-corrected chi connectivity index (χ0v) is 10.1. The van der Waals surface area contributed by atoms with E-state index in [4.69, 9.17) is 0 Å². The second kappa shape index (κ2) is 4.85. The maximum atomic E-state index is 13.4. The molecule has 1 fully saturated rings. The van der Waals surface area contributed by atoms with Crippen molar-refractivity contribution >= 4 is 11.6 Å². The van der Waals surface area contributed by atoms with Crippen molar-refractivity contribution in [3.05, 3.63) is 17.7 Å². The number of hydrogen-bond donors (Lipinski definition) is 2. The smallest absolute Gasteiger partial charge is 0.168 e. The van der Waals surface area contributed by atoms with Crippen LogP contribution in [0, 0.1) is 23.5 Å². The van der Waals surface area contributed by atoms with Crippen LogP contribution in [-0.2, 0) is 0 Å². The highest BCUT2D eigenvalue weighted by atomic mass is 19.1. The summed E-state index contributed by atoms with van der Waals surface area (Å²) in [4.78, 5) is 3.87. The number of halogens is 2. The maximum absolute atomic E-state index is 13.4. The Morgan fingerprint density at radius 3 is 2.59 bits per heavy atom. The molecule has 1 aromatic rings. The summed E-state index contributed by atoms with van der Waals surface area (Å²) in [5.74, 6) is 0.0978. The average Bonchev–Trinajstić information content (AvgIpc) is 3.11. The summed E-state index contributed by atoms with van der Waals surface area (Å²) in [6, 6.07) is 0.850. The molecular formula is C12H17F2N3. The highest BCUT2D eigenvalue weighted by Gasteiger charge is 2.27. The van der Waals surface area contributed by atoms with Crippen LogP contribution >= 0.6 is 0 Å². The molecule has 2 rings (SSSR count). The fraction of sp³-hybridized carbons (Fsp3) is 0.583. The van der Waals surface area contributed by atoms with Crippen LogP contribution in [0.3, 0.4) is 0 Å². The first-order chi connectivity index (χ1) is 8.11. The molecule has 1 unspecified atom stereocenters. The van der Waals surface area contributed by atoms with Gasteiger partial charge in [-0.3, -0.25) is 0 Å². The number of anilines is 2. The van der Waals surface area contributed by atoms with E-state index in [1.165, 1.54) is 12.8 Å². The molecule has 1 aliphatic rings. The van der Waals surface area contributed by atoms with Crippen LogP contribution in [0.5, 0.6) is 0 Å². The molecule has 0 amide bonds. The zero-order chi connectivity index (χ0) is 12.4. The molecule has 1 aromatic heterocycles. The predicted octanol–water partition coefficient (Wildman–Crippen LogP) is 2.86. The third-order valence-electron chi connectivity index (χ3n) is 3.18. The summed E-state index contributed by atoms with van der Waals surface area (Å²) >= 11 is 0. The van der Waals surface area contributed by atoms with Gasteiger partial charge in [0.1, 0.15) is 0 Å². The molecule has 0 bridgehead atoms. The van der Waals surface area contributed by atoms with Crippen LogP contribution in [0.25, 0.3) is 0 Å². The van der Waals surface area contributed by atoms with Gasteiger partial charge in [0.25, 0.3) is 0 Å². The van der Waals surface area contributed by atoms with E-state index in [-0.39, 0.29) is 11.6 Å². The van der Waals surface area contributed by atoms with Crippen molar-refractivity contribution in [1.29, 1.82) is 0 Å². The summed E-state index contributed by atoms with van der Waals surface area (Å²) in [5, 5.41) is 5.54. The van der Waals surface area contributed by atoms with Crippen molar-refractivity contribution in [3.8, 4) is 0 Å². The van der Waals surface area contributed by atoms with Crippen molar-refractivity contribution in [2.24, 2.45) is 11.8 Å². The van der Waals surface area contributed by atoms with Crippen LogP contribution in [0.2, 0.25) is 0 Å². The Kier molecular flexibility index (Phi) is 3.45. The van der Waals surface area contributed by atoms with Gasteiger partial charge in [-0.15, -0.1) is 0 Å². The fourth-order valence-corrected chi connectivity index (χ4v) is 1.86. The molecule has 0 saturated heterocycles. The Balaban J connectivity index is 2.03. The molecule has 3 nitrogen and oxygen atoms in total. The largest absolute Gasteiger partial charge is 0.371 e. The van der Waals surface area contributed by atoms with Gasteiger partial charge in [0, 0.05) is 19.7 Å². The van der Waals surface area contributed by atoms with Gasteiger partial charge in [-0.1, -0.05) is 6.92 Å². The number of hydrogen-bond acceptors (Lipinski definition) is 3. The van der Waals surface area contributed by atoms with E-state index in [1.54, 1.807) is 7.05 Å². The first-order valence-corrected chi connectivity index (χ1v) is 5.89. The lowest BCUT2D eigenvalue weighted by Gasteiger charge is -2.13. The molecule has 17 heavy (non-hydrogen) atoms. The Labute approximate surface area is 99.6 Å². The maximum Gasteiger partial charge on any atom is 0.168 e. The van der Waals surface area contributed by atoms with Crippen molar-refractivity contribution in [3.63, 3.8) is 0 Å². The van der Waals surface area contributed by atoms with E-state index in [0.717, 1.165) is 12.0 Å². The number of nitrogens with zero attached hydrogens (tertiary/aromatic N) is 1. The van der Waals surface area contributed by atoms with Crippen LogP contribution in [0.15, 0.2) is 6.07 Å². The van der Waals surface area contributed by atoms with E-state index in [9.17, 15) is 8.78 Å². The lowest BCUT2D eigenvalue weighted by Crippen LogP contribution is -2.15. The SMILES string of the molecule is CNc1nc(NCC(C)C2CC2)c(F)cc1F. The minimum absolute atomic E-state index is 0.0629. The van der Waals surface area contributed by atoms with Gasteiger partial charge in [-0.05, 0) is 24.7 Å². The average molecular weight is 241 g/mol. The van der Waals surface area contributed by atoms with E-state index >= 15 is 0 Å². The summed E-state index contributed by atoms with van der Waals surface area (Å²) in [6.45, 7) is 2.80. The summed E-state index contributed by atoms with van der Waals surface area (Å²) < 4.78 is 26.6. The number of pyridine rings is 1. The summed E-state index contributed by atoms with van der Waals surface area (Å²) in [5.41, 5.74) is 0. The first-order valence-electron chi connectivity index (χ1n) is 5.89. The molecule has 0 spiro atoms. The van der Waals surface area contributed by atoms with Gasteiger partial charge in [-0.2, -0.15) is 0 Å². The van der Waals surface area contributed by atoms with Gasteiger partial charge in [-0.25, -0.2) is 13.8 Å². The van der Waals surface area contributed by atoms with Gasteiger partial charge in [0.2, 0.25) is 0 Å². The van der Waals surface area contributed by atoms with Crippen LogP contribution in [-0.4, -0.2) is 18.6 Å². The highest BCUT2D eigenvalue weighted by Crippen LogP contribution is 2.36. The lowest BCUT2D eigenvalue weighted by atomic mass is 10.1. The molecule has 1 saturated carbocycles. The summed E-state index contributed by atoms with van der Waals surface area (Å²) in [7, 11) is 1.56. The first kappa shape index (κ1) is 12.1. The van der Waals surface area contributed by atoms with Crippen LogP contribution in [0.1, 0.15) is 19.8 Å². The Morgan fingerprint density at radius 1 is 1.35 bits per heavy atom. The minimum Gasteiger partial charge on any atom is -0.371 e. The molecule has 0 radical (unpaired) electrons. The molecule has 1 heterocycles. The van der Waals surface area contributed by atoms with E-state index in [0.29, 0.717) is 12.5 Å². The minimum atomic E-state index is -0.675. The summed E-state index contributed by atoms with van der Waals surface area (Å²) in [6.07, 6.45) is 2.51. The van der Waals surface area contributed by atoms with Gasteiger partial charge in [0.15, 0.2) is 23.3 Å². The molecule has 1 atom stereocenters. The fourth-order valence-electron chi connectivity index (χ4n) is 1.86. The Morgan fingerprint density at radius 2 is 2.00 bits per heavy atom. The van der Waals surface area contributed by atoms with Crippen molar-refractivity contribution < 1.29 is 8.78 Å². The van der Waals surface area contributed by atoms with Gasteiger partial charge >= 0.3 is 0 Å². The zero-order valence-electron chi connectivity index (χ0n) is 10.1. The van der Waals surface area contributed by atoms with Gasteiger partial charge < -0.3 is 10.6 Å². The van der Waals surface area contributed by atoms with E-state index in [2.05, 4.69) is 22.5 Å². The molecule has 2 N–H and O–H groups in total. The predicted molar refractivity (Wildman–Crippen MR) is 64.1 cm³/mol. The molecule has 0 aliphatic heterocycles. The van der Waals surface area contributed by atoms with Crippen LogP contribution in [0.4, 0.5) is 20.4 Å². The standard InChI is InChI=1S/C12H17F2N3/c1-7(8-3-4-8)6-16-12-10(14)5-9(13)11(15-2)17-12/h5,7-8H,3-4,6H2,1-2H3,(H2,15,16,17). The molecular weight excluding hydrogens is 224 g/mol. The van der Waals surface area contributed by atoms with Crippen molar-refractivity contribution in [2.45, 2.75) is 19.8 Å². The Bertz CT molecular complexity index is 405. The lowest BCUT2D eigenvalue weighted by molar-refractivity contribution is 0.530. The molecule has 1 aliphatic carbocycles. The molecule has 94 valence electrons. The molecule has 5 heteroatoms. The van der Waals surface area contributed by atoms with Crippen molar-refractivity contribution in [2.75, 3.05) is 24.2 Å². The number of nitrogens with one attached hydrogen (secondary N) is 2. The topological polar surface area (TPSA) is 37.0 Å². The van der Waals surface area contributed by atoms with Gasteiger partial charge in [0.05, 0.1) is 0 Å². The van der Waals surface area contributed by atoms with E-state index < -0.39 is 11.6 Å². The highest BCUT2D eigenvalue weighted by molar-refractivity contribution is 5.47. The quantitative estimate of drug-likeness (QED) is 0.832. The molecule has 0 aromatic carbocycles. The monoisotopic (exact) mass is 241 g/mol.